The molecule has 1 aromatic carbocycles. The van der Waals surface area contributed by atoms with Crippen LogP contribution in [0.2, 0.25) is 5.82 Å². The number of methoxy groups -OCH3 is 1. The monoisotopic (exact) mass is 246 g/mol. The van der Waals surface area contributed by atoms with Gasteiger partial charge in [0.15, 0.2) is 0 Å². The molecule has 0 bridgehead atoms. The van der Waals surface area contributed by atoms with E-state index in [2.05, 4.69) is 4.74 Å². The van der Waals surface area contributed by atoms with E-state index in [4.69, 9.17) is 0 Å². The van der Waals surface area contributed by atoms with Gasteiger partial charge in [-0.1, -0.05) is 0 Å². The Morgan fingerprint density at radius 2 is 2.00 bits per heavy atom. The molecule has 0 aliphatic carbocycles. The molecular formula is C9H10O3Se. The summed E-state index contributed by atoms with van der Waals surface area (Å²) >= 11 is -2.06. The third-order valence-corrected chi connectivity index (χ3v) is 3.65. The van der Waals surface area contributed by atoms with Crippen LogP contribution in [0, 0.1) is 0 Å². The minimum atomic E-state index is -2.06. The number of ether oxygens (including phenoxy) is 1. The third-order valence-electron chi connectivity index (χ3n) is 1.60. The quantitative estimate of drug-likeness (QED) is 0.570. The van der Waals surface area contributed by atoms with Gasteiger partial charge in [0, 0.05) is 0 Å². The molecule has 0 spiro atoms. The van der Waals surface area contributed by atoms with Gasteiger partial charge in [-0.2, -0.15) is 0 Å². The Balaban J connectivity index is 3.19. The first-order valence-corrected chi connectivity index (χ1v) is 6.94. The zero-order chi connectivity index (χ0) is 9.84. The van der Waals surface area contributed by atoms with Crippen molar-refractivity contribution in [3.05, 3.63) is 29.8 Å². The van der Waals surface area contributed by atoms with Crippen molar-refractivity contribution >= 4 is 24.3 Å². The van der Waals surface area contributed by atoms with Crippen LogP contribution in [-0.4, -0.2) is 26.9 Å². The zero-order valence-corrected chi connectivity index (χ0v) is 9.16. The Bertz CT molecular complexity index is 346. The van der Waals surface area contributed by atoms with Crippen LogP contribution < -0.4 is 4.46 Å². The molecule has 1 atom stereocenters. The van der Waals surface area contributed by atoms with E-state index in [1.165, 1.54) is 7.11 Å². The van der Waals surface area contributed by atoms with E-state index in [9.17, 15) is 8.63 Å². The van der Waals surface area contributed by atoms with Crippen molar-refractivity contribution < 1.29 is 13.4 Å². The molecule has 0 saturated heterocycles. The maximum atomic E-state index is 11.3. The van der Waals surface area contributed by atoms with Gasteiger partial charge in [0.1, 0.15) is 0 Å². The minimum absolute atomic E-state index is 0.410. The third kappa shape index (κ3) is 2.23. The average molecular weight is 245 g/mol. The van der Waals surface area contributed by atoms with Crippen molar-refractivity contribution in [2.75, 3.05) is 7.11 Å². The molecule has 0 heterocycles. The summed E-state index contributed by atoms with van der Waals surface area (Å²) in [6.07, 6.45) is 0. The normalized spacial score (nSPS) is 12.2. The van der Waals surface area contributed by atoms with E-state index < -0.39 is 19.8 Å². The van der Waals surface area contributed by atoms with E-state index in [1.54, 1.807) is 30.1 Å². The molecule has 4 heteroatoms. The molecule has 1 unspecified atom stereocenters. The van der Waals surface area contributed by atoms with Crippen molar-refractivity contribution in [3.63, 3.8) is 0 Å². The Hall–Kier alpha value is -0.991. The van der Waals surface area contributed by atoms with E-state index in [0.29, 0.717) is 10.0 Å². The molecule has 1 aromatic rings. The van der Waals surface area contributed by atoms with Crippen molar-refractivity contribution in [2.24, 2.45) is 0 Å². The molecule has 0 aliphatic heterocycles. The van der Waals surface area contributed by atoms with Crippen molar-refractivity contribution in [1.82, 2.24) is 0 Å². The Morgan fingerprint density at radius 3 is 2.54 bits per heavy atom. The van der Waals surface area contributed by atoms with E-state index in [1.807, 2.05) is 0 Å². The number of hydrogen-bond donors (Lipinski definition) is 0. The molecule has 13 heavy (non-hydrogen) atoms. The second-order valence-electron chi connectivity index (χ2n) is 2.44. The van der Waals surface area contributed by atoms with Crippen LogP contribution >= 0.6 is 0 Å². The number of carbonyl (C=O) groups excluding carboxylic acids is 1. The van der Waals surface area contributed by atoms with Gasteiger partial charge in [0.25, 0.3) is 0 Å². The van der Waals surface area contributed by atoms with Crippen molar-refractivity contribution in [3.8, 4) is 0 Å². The molecule has 0 N–H and O–H groups in total. The molecule has 0 amide bonds. The molecular weight excluding hydrogens is 235 g/mol. The van der Waals surface area contributed by atoms with Crippen LogP contribution in [0.3, 0.4) is 0 Å². The molecule has 1 rings (SSSR count). The SMILES string of the molecule is COC(=O)c1ccccc1[Se](C)=O. The predicted octanol–water partition coefficient (Wildman–Crippen LogP) is 0.732. The second-order valence-corrected chi connectivity index (χ2v) is 5.27. The van der Waals surface area contributed by atoms with Crippen molar-refractivity contribution in [2.45, 2.75) is 5.82 Å². The van der Waals surface area contributed by atoms with Gasteiger partial charge < -0.3 is 0 Å². The van der Waals surface area contributed by atoms with Gasteiger partial charge in [-0.15, -0.1) is 0 Å². The Morgan fingerprint density at radius 1 is 1.38 bits per heavy atom. The molecule has 0 radical (unpaired) electrons. The number of rotatable bonds is 2. The summed E-state index contributed by atoms with van der Waals surface area (Å²) in [6, 6.07) is 6.81. The van der Waals surface area contributed by atoms with Crippen LogP contribution in [-0.2, 0) is 8.57 Å². The molecule has 70 valence electrons. The summed E-state index contributed by atoms with van der Waals surface area (Å²) < 4.78 is 16.5. The second kappa shape index (κ2) is 4.30. The fraction of sp³-hybridized carbons (Fsp3) is 0.222. The summed E-state index contributed by atoms with van der Waals surface area (Å²) in [4.78, 5) is 11.2. The first-order valence-electron chi connectivity index (χ1n) is 3.67. The molecule has 0 aromatic heterocycles. The fourth-order valence-electron chi connectivity index (χ4n) is 0.996. The van der Waals surface area contributed by atoms with Crippen LogP contribution in [0.4, 0.5) is 0 Å². The first kappa shape index (κ1) is 10.1. The van der Waals surface area contributed by atoms with Gasteiger partial charge >= 0.3 is 80.4 Å². The summed E-state index contributed by atoms with van der Waals surface area (Å²) in [5, 5.41) is 0. The van der Waals surface area contributed by atoms with Gasteiger partial charge in [-0.3, -0.25) is 0 Å². The van der Waals surface area contributed by atoms with Gasteiger partial charge in [-0.05, 0) is 0 Å². The predicted molar refractivity (Wildman–Crippen MR) is 49.7 cm³/mol. The van der Waals surface area contributed by atoms with E-state index in [-0.39, 0.29) is 0 Å². The number of carbonyl (C=O) groups is 1. The number of hydrogen-bond acceptors (Lipinski definition) is 3. The number of esters is 1. The standard InChI is InChI=1S/C9H10O3Se/c1-12-9(10)7-5-3-4-6-8(7)13(2)11/h3-6H,1-2H3. The Kier molecular flexibility index (Phi) is 3.34. The molecule has 0 saturated carbocycles. The average Bonchev–Trinajstić information content (AvgIpc) is 2.16. The van der Waals surface area contributed by atoms with Gasteiger partial charge in [-0.25, -0.2) is 0 Å². The molecule has 0 aliphatic rings. The van der Waals surface area contributed by atoms with Crippen LogP contribution in [0.25, 0.3) is 0 Å². The van der Waals surface area contributed by atoms with Crippen LogP contribution in [0.15, 0.2) is 24.3 Å². The summed E-state index contributed by atoms with van der Waals surface area (Å²) in [5.41, 5.74) is 0.410. The van der Waals surface area contributed by atoms with Crippen molar-refractivity contribution in [1.29, 1.82) is 0 Å². The molecule has 0 fully saturated rings. The zero-order valence-electron chi connectivity index (χ0n) is 7.44. The summed E-state index contributed by atoms with van der Waals surface area (Å²) in [5.74, 6) is 1.20. The van der Waals surface area contributed by atoms with Crippen LogP contribution in [0.1, 0.15) is 10.4 Å². The molecule has 3 nitrogen and oxygen atoms in total. The van der Waals surface area contributed by atoms with E-state index in [0.717, 1.165) is 0 Å². The maximum absolute atomic E-state index is 11.3. The van der Waals surface area contributed by atoms with Crippen LogP contribution in [0.5, 0.6) is 0 Å². The summed E-state index contributed by atoms with van der Waals surface area (Å²) in [6.45, 7) is 0. The van der Waals surface area contributed by atoms with Gasteiger partial charge in [0.2, 0.25) is 0 Å². The first-order chi connectivity index (χ1) is 6.16. The van der Waals surface area contributed by atoms with Gasteiger partial charge in [0.05, 0.1) is 0 Å². The Labute approximate surface area is 80.8 Å². The fourth-order valence-corrected chi connectivity index (χ4v) is 2.53. The topological polar surface area (TPSA) is 43.4 Å². The van der Waals surface area contributed by atoms with E-state index >= 15 is 0 Å². The number of benzene rings is 1. The summed E-state index contributed by atoms with van der Waals surface area (Å²) in [7, 11) is 1.31.